The maximum absolute atomic E-state index is 10.3. The summed E-state index contributed by atoms with van der Waals surface area (Å²) in [5, 5.41) is 8.48. The summed E-state index contributed by atoms with van der Waals surface area (Å²) in [5.41, 5.74) is 0.676. The second kappa shape index (κ2) is 6.02. The molecule has 1 heterocycles. The highest BCUT2D eigenvalue weighted by molar-refractivity contribution is 5.68. The number of carbonyl (C=O) groups is 1. The van der Waals surface area contributed by atoms with Gasteiger partial charge in [0.2, 0.25) is 5.88 Å². The van der Waals surface area contributed by atoms with E-state index in [1.165, 1.54) is 0 Å². The van der Waals surface area contributed by atoms with Crippen LogP contribution in [0, 0.1) is 0 Å². The normalized spacial score (nSPS) is 10.1. The van der Waals surface area contributed by atoms with E-state index in [9.17, 15) is 4.79 Å². The van der Waals surface area contributed by atoms with Crippen molar-refractivity contribution in [2.45, 2.75) is 20.0 Å². The first-order valence-corrected chi connectivity index (χ1v) is 4.86. The molecule has 0 aromatic carbocycles. The second-order valence-corrected chi connectivity index (χ2v) is 3.08. The van der Waals surface area contributed by atoms with Gasteiger partial charge in [0.1, 0.15) is 5.82 Å². The third kappa shape index (κ3) is 3.82. The first kappa shape index (κ1) is 12.4. The standard InChI is InChI=1S/C10H14N2O4/c1-3-8-11-7(5-15-2)4-9(12-8)16-6-10(13)14/h4H,3,5-6H2,1-2H3,(H,13,14). The Morgan fingerprint density at radius 3 is 2.81 bits per heavy atom. The molecule has 1 N–H and O–H groups in total. The Morgan fingerprint density at radius 2 is 2.25 bits per heavy atom. The largest absolute Gasteiger partial charge is 0.479 e. The van der Waals surface area contributed by atoms with Gasteiger partial charge in [-0.05, 0) is 0 Å². The molecule has 0 aliphatic rings. The van der Waals surface area contributed by atoms with Crippen molar-refractivity contribution in [1.29, 1.82) is 0 Å². The monoisotopic (exact) mass is 226 g/mol. The predicted octanol–water partition coefficient (Wildman–Crippen LogP) is 0.649. The number of carboxylic acids is 1. The Labute approximate surface area is 93.2 Å². The van der Waals surface area contributed by atoms with Crippen LogP contribution in [0.3, 0.4) is 0 Å². The number of aryl methyl sites for hydroxylation is 1. The molecule has 0 fully saturated rings. The summed E-state index contributed by atoms with van der Waals surface area (Å²) in [6.07, 6.45) is 0.654. The van der Waals surface area contributed by atoms with Crippen molar-refractivity contribution in [3.05, 3.63) is 17.6 Å². The van der Waals surface area contributed by atoms with Crippen LogP contribution in [0.15, 0.2) is 6.07 Å². The zero-order valence-corrected chi connectivity index (χ0v) is 9.27. The van der Waals surface area contributed by atoms with Gasteiger partial charge in [0.05, 0.1) is 12.3 Å². The van der Waals surface area contributed by atoms with Gasteiger partial charge in [-0.25, -0.2) is 9.78 Å². The fourth-order valence-corrected chi connectivity index (χ4v) is 1.11. The van der Waals surface area contributed by atoms with Gasteiger partial charge in [-0.2, -0.15) is 4.98 Å². The molecular formula is C10H14N2O4. The van der Waals surface area contributed by atoms with E-state index < -0.39 is 12.6 Å². The lowest BCUT2D eigenvalue weighted by Gasteiger charge is -2.06. The molecule has 0 spiro atoms. The molecular weight excluding hydrogens is 212 g/mol. The quantitative estimate of drug-likeness (QED) is 0.766. The molecule has 0 saturated heterocycles. The number of aromatic nitrogens is 2. The van der Waals surface area contributed by atoms with E-state index >= 15 is 0 Å². The van der Waals surface area contributed by atoms with Crippen molar-refractivity contribution in [1.82, 2.24) is 9.97 Å². The van der Waals surface area contributed by atoms with E-state index in [0.717, 1.165) is 0 Å². The van der Waals surface area contributed by atoms with Crippen LogP contribution in [0.4, 0.5) is 0 Å². The molecule has 0 aliphatic heterocycles. The smallest absolute Gasteiger partial charge is 0.341 e. The molecule has 1 rings (SSSR count). The van der Waals surface area contributed by atoms with Crippen LogP contribution < -0.4 is 4.74 Å². The lowest BCUT2D eigenvalue weighted by molar-refractivity contribution is -0.139. The van der Waals surface area contributed by atoms with Gasteiger partial charge in [-0.3, -0.25) is 0 Å². The molecule has 0 radical (unpaired) electrons. The number of hydrogen-bond donors (Lipinski definition) is 1. The highest BCUT2D eigenvalue weighted by Crippen LogP contribution is 2.10. The van der Waals surface area contributed by atoms with Crippen molar-refractivity contribution in [3.63, 3.8) is 0 Å². The van der Waals surface area contributed by atoms with Crippen molar-refractivity contribution < 1.29 is 19.4 Å². The molecule has 0 aliphatic carbocycles. The average Bonchev–Trinajstić information content (AvgIpc) is 2.26. The van der Waals surface area contributed by atoms with E-state index in [4.69, 9.17) is 14.6 Å². The minimum absolute atomic E-state index is 0.265. The minimum atomic E-state index is -1.04. The van der Waals surface area contributed by atoms with E-state index in [1.54, 1.807) is 13.2 Å². The minimum Gasteiger partial charge on any atom is -0.479 e. The Bertz CT molecular complexity index is 368. The van der Waals surface area contributed by atoms with Crippen LogP contribution in [-0.2, 0) is 22.6 Å². The summed E-state index contributed by atoms with van der Waals surface area (Å²) in [6, 6.07) is 1.58. The maximum Gasteiger partial charge on any atom is 0.341 e. The van der Waals surface area contributed by atoms with Crippen molar-refractivity contribution >= 4 is 5.97 Å². The number of ether oxygens (including phenoxy) is 2. The number of hydrogen-bond acceptors (Lipinski definition) is 5. The van der Waals surface area contributed by atoms with E-state index in [1.807, 2.05) is 6.92 Å². The molecule has 1 aromatic heterocycles. The summed E-state index contributed by atoms with van der Waals surface area (Å²) >= 11 is 0. The Kier molecular flexibility index (Phi) is 4.65. The first-order chi connectivity index (χ1) is 7.65. The van der Waals surface area contributed by atoms with Crippen molar-refractivity contribution in [2.24, 2.45) is 0 Å². The summed E-state index contributed by atoms with van der Waals surface area (Å²) in [6.45, 7) is 1.85. The van der Waals surface area contributed by atoms with Gasteiger partial charge in [0.25, 0.3) is 0 Å². The Morgan fingerprint density at radius 1 is 1.50 bits per heavy atom. The second-order valence-electron chi connectivity index (χ2n) is 3.08. The van der Waals surface area contributed by atoms with Crippen LogP contribution in [0.25, 0.3) is 0 Å². The van der Waals surface area contributed by atoms with Crippen molar-refractivity contribution in [2.75, 3.05) is 13.7 Å². The first-order valence-electron chi connectivity index (χ1n) is 4.86. The molecule has 0 atom stereocenters. The molecule has 0 saturated carbocycles. The number of aliphatic carboxylic acids is 1. The van der Waals surface area contributed by atoms with Gasteiger partial charge >= 0.3 is 5.97 Å². The number of methoxy groups -OCH3 is 1. The van der Waals surface area contributed by atoms with Gasteiger partial charge in [0.15, 0.2) is 6.61 Å². The topological polar surface area (TPSA) is 81.5 Å². The summed E-state index contributed by atoms with van der Waals surface area (Å²) in [7, 11) is 1.56. The molecule has 16 heavy (non-hydrogen) atoms. The average molecular weight is 226 g/mol. The molecule has 6 nitrogen and oxygen atoms in total. The number of carboxylic acid groups (broad SMARTS) is 1. The highest BCUT2D eigenvalue weighted by atomic mass is 16.5. The summed E-state index contributed by atoms with van der Waals surface area (Å²) < 4.78 is 9.94. The highest BCUT2D eigenvalue weighted by Gasteiger charge is 2.06. The third-order valence-electron chi connectivity index (χ3n) is 1.75. The Balaban J connectivity index is 2.81. The molecule has 6 heteroatoms. The number of rotatable bonds is 6. The van der Waals surface area contributed by atoms with Crippen molar-refractivity contribution in [3.8, 4) is 5.88 Å². The molecule has 88 valence electrons. The van der Waals surface area contributed by atoms with Gasteiger partial charge in [0, 0.05) is 19.6 Å². The maximum atomic E-state index is 10.3. The number of nitrogens with zero attached hydrogens (tertiary/aromatic N) is 2. The van der Waals surface area contributed by atoms with Gasteiger partial charge < -0.3 is 14.6 Å². The summed E-state index contributed by atoms with van der Waals surface area (Å²) in [5.74, 6) is -0.166. The van der Waals surface area contributed by atoms with Crippen LogP contribution in [-0.4, -0.2) is 34.8 Å². The van der Waals surface area contributed by atoms with E-state index in [0.29, 0.717) is 24.5 Å². The van der Waals surface area contributed by atoms with E-state index in [2.05, 4.69) is 9.97 Å². The lowest BCUT2D eigenvalue weighted by atomic mass is 10.3. The van der Waals surface area contributed by atoms with Crippen LogP contribution in [0.2, 0.25) is 0 Å². The zero-order valence-electron chi connectivity index (χ0n) is 9.27. The fraction of sp³-hybridized carbons (Fsp3) is 0.500. The third-order valence-corrected chi connectivity index (χ3v) is 1.75. The van der Waals surface area contributed by atoms with Gasteiger partial charge in [-0.1, -0.05) is 6.92 Å². The van der Waals surface area contributed by atoms with Crippen LogP contribution in [0.1, 0.15) is 18.4 Å². The Hall–Kier alpha value is -1.69. The van der Waals surface area contributed by atoms with Gasteiger partial charge in [-0.15, -0.1) is 0 Å². The van der Waals surface area contributed by atoms with E-state index in [-0.39, 0.29) is 5.88 Å². The zero-order chi connectivity index (χ0) is 12.0. The molecule has 0 bridgehead atoms. The molecule has 1 aromatic rings. The fourth-order valence-electron chi connectivity index (χ4n) is 1.11. The predicted molar refractivity (Wildman–Crippen MR) is 55.3 cm³/mol. The van der Waals surface area contributed by atoms with Crippen LogP contribution in [0.5, 0.6) is 5.88 Å². The molecule has 0 unspecified atom stereocenters. The van der Waals surface area contributed by atoms with Crippen LogP contribution >= 0.6 is 0 Å². The SMILES string of the molecule is CCc1nc(COC)cc(OCC(=O)O)n1. The summed E-state index contributed by atoms with van der Waals surface area (Å²) in [4.78, 5) is 18.6. The lowest BCUT2D eigenvalue weighted by Crippen LogP contribution is -2.11. The molecule has 0 amide bonds.